The summed E-state index contributed by atoms with van der Waals surface area (Å²) in [4.78, 5) is 37.0. The number of nitrogens with two attached hydrogens (primary N) is 1. The van der Waals surface area contributed by atoms with E-state index in [2.05, 4.69) is 10.6 Å². The number of Topliss-reactive ketones (excluding diaryl/α,β-unsaturated/α-hetero) is 1. The third-order valence-electron chi connectivity index (χ3n) is 7.59. The molecule has 2 aliphatic rings. The van der Waals surface area contributed by atoms with E-state index in [1.165, 1.54) is 19.9 Å². The molecule has 1 heterocycles. The van der Waals surface area contributed by atoms with Gasteiger partial charge in [-0.25, -0.2) is 9.59 Å². The van der Waals surface area contributed by atoms with Crippen LogP contribution in [0.5, 0.6) is 5.75 Å². The molecule has 4 rings (SSSR count). The van der Waals surface area contributed by atoms with Gasteiger partial charge in [-0.15, -0.1) is 0 Å². The van der Waals surface area contributed by atoms with Crippen LogP contribution in [0.3, 0.4) is 0 Å². The highest BCUT2D eigenvalue weighted by Crippen LogP contribution is 2.49. The van der Waals surface area contributed by atoms with Crippen molar-refractivity contribution in [2.24, 2.45) is 11.7 Å². The summed E-state index contributed by atoms with van der Waals surface area (Å²) in [5.41, 5.74) is 5.23. The van der Waals surface area contributed by atoms with Gasteiger partial charge in [0, 0.05) is 17.2 Å². The van der Waals surface area contributed by atoms with Crippen LogP contribution < -0.4 is 16.4 Å². The smallest absolute Gasteiger partial charge is 0.408 e. The van der Waals surface area contributed by atoms with E-state index in [1.54, 1.807) is 50.2 Å². The average Bonchev–Trinajstić information content (AvgIpc) is 3.19. The SMILES string of the molecule is CC(=O)c1cccc(N[C@H]2[C@H](N)[C@]3(NC(=O)O[C@H]3C)[C@@](C)(O)[C@H]2COC(=O)c2c(C)cccc2O)c1. The molecule has 1 amide bonds. The highest BCUT2D eigenvalue weighted by Gasteiger charge is 2.72. The predicted octanol–water partition coefficient (Wildman–Crippen LogP) is 2.12. The van der Waals surface area contributed by atoms with Crippen LogP contribution in [0.2, 0.25) is 0 Å². The van der Waals surface area contributed by atoms with Crippen LogP contribution in [-0.2, 0) is 9.47 Å². The largest absolute Gasteiger partial charge is 0.507 e. The van der Waals surface area contributed by atoms with Crippen molar-refractivity contribution in [3.05, 3.63) is 59.2 Å². The highest BCUT2D eigenvalue weighted by molar-refractivity contribution is 5.95. The lowest BCUT2D eigenvalue weighted by molar-refractivity contribution is -0.0792. The number of aryl methyl sites for hydroxylation is 1. The lowest BCUT2D eigenvalue weighted by Gasteiger charge is -2.41. The van der Waals surface area contributed by atoms with Gasteiger partial charge in [-0.3, -0.25) is 4.79 Å². The number of aliphatic hydroxyl groups is 1. The van der Waals surface area contributed by atoms with Crippen LogP contribution in [-0.4, -0.2) is 64.0 Å². The normalized spacial score (nSPS) is 31.1. The van der Waals surface area contributed by atoms with Gasteiger partial charge < -0.3 is 36.1 Å². The van der Waals surface area contributed by atoms with Gasteiger partial charge in [0.05, 0.1) is 24.3 Å². The van der Waals surface area contributed by atoms with Crippen molar-refractivity contribution in [3.63, 3.8) is 0 Å². The number of nitrogens with one attached hydrogen (secondary N) is 2. The van der Waals surface area contributed by atoms with Gasteiger partial charge >= 0.3 is 12.1 Å². The van der Waals surface area contributed by atoms with E-state index in [4.69, 9.17) is 15.2 Å². The van der Waals surface area contributed by atoms with Gasteiger partial charge in [0.25, 0.3) is 0 Å². The second kappa shape index (κ2) is 9.11. The molecule has 192 valence electrons. The predicted molar refractivity (Wildman–Crippen MR) is 131 cm³/mol. The number of phenolic OH excluding ortho intramolecular Hbond substituents is 1. The van der Waals surface area contributed by atoms with E-state index in [0.717, 1.165) is 0 Å². The molecule has 6 atom stereocenters. The Balaban J connectivity index is 1.69. The standard InChI is InChI=1S/C26H31N3O7/c1-13-7-5-10-19(31)20(13)23(32)35-12-18-21(28-17-9-6-8-16(11-17)14(2)30)22(27)26(25(18,4)34)15(3)36-24(33)29-26/h5-11,15,18,21-22,28,31,34H,12,27H2,1-4H3,(H,29,33)/t15-,18-,21+,22-,25-,26-/m0/s1. The van der Waals surface area contributed by atoms with Crippen molar-refractivity contribution in [3.8, 4) is 5.75 Å². The minimum absolute atomic E-state index is 0.0266. The zero-order valence-electron chi connectivity index (χ0n) is 20.6. The van der Waals surface area contributed by atoms with Crippen molar-refractivity contribution in [2.45, 2.75) is 57.0 Å². The second-order valence-electron chi connectivity index (χ2n) is 9.70. The summed E-state index contributed by atoms with van der Waals surface area (Å²) in [5.74, 6) is -1.90. The molecule has 0 radical (unpaired) electrons. The number of aromatic hydroxyl groups is 1. The van der Waals surface area contributed by atoms with Gasteiger partial charge in [-0.2, -0.15) is 0 Å². The molecule has 2 aromatic carbocycles. The van der Waals surface area contributed by atoms with Crippen molar-refractivity contribution in [1.29, 1.82) is 0 Å². The number of hydrogen-bond acceptors (Lipinski definition) is 9. The first-order valence-electron chi connectivity index (χ1n) is 11.7. The van der Waals surface area contributed by atoms with E-state index in [1.807, 2.05) is 0 Å². The van der Waals surface area contributed by atoms with Gasteiger partial charge in [0.2, 0.25) is 0 Å². The van der Waals surface area contributed by atoms with E-state index < -0.39 is 47.3 Å². The summed E-state index contributed by atoms with van der Waals surface area (Å²) in [7, 11) is 0. The Labute approximate surface area is 208 Å². The van der Waals surface area contributed by atoms with Crippen LogP contribution in [0, 0.1) is 12.8 Å². The minimum Gasteiger partial charge on any atom is -0.507 e. The molecule has 1 saturated heterocycles. The maximum Gasteiger partial charge on any atom is 0.408 e. The lowest BCUT2D eigenvalue weighted by Crippen LogP contribution is -2.69. The number of amides is 1. The summed E-state index contributed by atoms with van der Waals surface area (Å²) < 4.78 is 10.9. The maximum atomic E-state index is 12.9. The number of cyclic esters (lactones) is 1. The number of ether oxygens (including phenoxy) is 2. The fourth-order valence-corrected chi connectivity index (χ4v) is 5.61. The molecule has 36 heavy (non-hydrogen) atoms. The molecular formula is C26H31N3O7. The topological polar surface area (TPSA) is 160 Å². The number of anilines is 1. The van der Waals surface area contributed by atoms with Gasteiger partial charge in [0.15, 0.2) is 5.78 Å². The Kier molecular flexibility index (Phi) is 6.44. The fraction of sp³-hybridized carbons (Fsp3) is 0.423. The van der Waals surface area contributed by atoms with Gasteiger partial charge in [-0.05, 0) is 51.5 Å². The molecular weight excluding hydrogens is 466 g/mol. The summed E-state index contributed by atoms with van der Waals surface area (Å²) in [6.45, 7) is 6.01. The van der Waals surface area contributed by atoms with E-state index >= 15 is 0 Å². The first-order chi connectivity index (χ1) is 16.9. The molecule has 1 aliphatic heterocycles. The Morgan fingerprint density at radius 1 is 1.25 bits per heavy atom. The number of benzene rings is 2. The lowest BCUT2D eigenvalue weighted by atomic mass is 9.75. The monoisotopic (exact) mass is 497 g/mol. The molecule has 10 nitrogen and oxygen atoms in total. The number of alkyl carbamates (subject to hydrolysis) is 1. The molecule has 1 aliphatic carbocycles. The van der Waals surface area contributed by atoms with Crippen molar-refractivity contribution in [2.75, 3.05) is 11.9 Å². The zero-order valence-corrected chi connectivity index (χ0v) is 20.6. The van der Waals surface area contributed by atoms with E-state index in [9.17, 15) is 24.6 Å². The summed E-state index contributed by atoms with van der Waals surface area (Å²) in [6.07, 6.45) is -1.50. The number of phenols is 1. The number of carbonyl (C=O) groups excluding carboxylic acids is 3. The zero-order chi connectivity index (χ0) is 26.4. The van der Waals surface area contributed by atoms with Gasteiger partial charge in [0.1, 0.15) is 23.0 Å². The van der Waals surface area contributed by atoms with Crippen molar-refractivity contribution < 1.29 is 34.1 Å². The van der Waals surface area contributed by atoms with Crippen molar-refractivity contribution in [1.82, 2.24) is 5.32 Å². The van der Waals surface area contributed by atoms with Crippen LogP contribution >= 0.6 is 0 Å². The maximum absolute atomic E-state index is 12.9. The van der Waals surface area contributed by atoms with Crippen LogP contribution in [0.25, 0.3) is 0 Å². The quantitative estimate of drug-likeness (QED) is 0.297. The molecule has 1 saturated carbocycles. The Morgan fingerprint density at radius 3 is 2.56 bits per heavy atom. The highest BCUT2D eigenvalue weighted by atomic mass is 16.6. The Bertz CT molecular complexity index is 1190. The third kappa shape index (κ3) is 3.96. The number of hydrogen-bond donors (Lipinski definition) is 5. The van der Waals surface area contributed by atoms with Gasteiger partial charge in [-0.1, -0.05) is 24.3 Å². The second-order valence-corrected chi connectivity index (χ2v) is 9.70. The first kappa shape index (κ1) is 25.5. The number of carbonyl (C=O) groups is 3. The van der Waals surface area contributed by atoms with E-state index in [-0.39, 0.29) is 23.7 Å². The first-order valence-corrected chi connectivity index (χ1v) is 11.7. The van der Waals surface area contributed by atoms with E-state index in [0.29, 0.717) is 16.8 Å². The Morgan fingerprint density at radius 2 is 1.94 bits per heavy atom. The summed E-state index contributed by atoms with van der Waals surface area (Å²) >= 11 is 0. The number of esters is 1. The van der Waals surface area contributed by atoms with Crippen LogP contribution in [0.15, 0.2) is 42.5 Å². The fourth-order valence-electron chi connectivity index (χ4n) is 5.61. The average molecular weight is 498 g/mol. The van der Waals surface area contributed by atoms with Crippen LogP contribution in [0.1, 0.15) is 47.1 Å². The molecule has 0 aromatic heterocycles. The molecule has 0 bridgehead atoms. The minimum atomic E-state index is -1.68. The summed E-state index contributed by atoms with van der Waals surface area (Å²) in [6, 6.07) is 9.91. The molecule has 2 fully saturated rings. The Hall–Kier alpha value is -3.63. The van der Waals surface area contributed by atoms with Crippen LogP contribution in [0.4, 0.5) is 10.5 Å². The molecule has 1 spiro atoms. The molecule has 0 unspecified atom stereocenters. The molecule has 2 aromatic rings. The summed E-state index contributed by atoms with van der Waals surface area (Å²) in [5, 5.41) is 28.0. The molecule has 10 heteroatoms. The van der Waals surface area contributed by atoms with Crippen molar-refractivity contribution >= 4 is 23.5 Å². The number of ketones is 1. The number of rotatable bonds is 6. The molecule has 6 N–H and O–H groups in total. The third-order valence-corrected chi connectivity index (χ3v) is 7.59.